The average Bonchev–Trinajstić information content (AvgIpc) is 2.86. The molecule has 2 aromatic rings. The van der Waals surface area contributed by atoms with Crippen LogP contribution in [0.15, 0.2) is 40.4 Å². The van der Waals surface area contributed by atoms with Crippen LogP contribution in [0.5, 0.6) is 0 Å². The lowest BCUT2D eigenvalue weighted by molar-refractivity contribution is 0.0594. The first kappa shape index (κ1) is 14.7. The van der Waals surface area contributed by atoms with E-state index >= 15 is 0 Å². The van der Waals surface area contributed by atoms with Crippen LogP contribution in [0, 0.1) is 0 Å². The molecule has 0 amide bonds. The minimum absolute atomic E-state index is 0.00809. The minimum Gasteiger partial charge on any atom is -0.371 e. The van der Waals surface area contributed by atoms with E-state index < -0.39 is 0 Å². The van der Waals surface area contributed by atoms with E-state index in [0.29, 0.717) is 6.54 Å². The van der Waals surface area contributed by atoms with Crippen LogP contribution in [0.1, 0.15) is 23.0 Å². The molecule has 0 radical (unpaired) electrons. The second kappa shape index (κ2) is 7.75. The number of nitrogens with two attached hydrogens (primary N) is 1. The zero-order valence-electron chi connectivity index (χ0n) is 10.6. The lowest BCUT2D eigenvalue weighted by atomic mass is 10.1. The maximum Gasteiger partial charge on any atom is 0.104 e. The second-order valence-electron chi connectivity index (χ2n) is 4.22. The average molecular weight is 341 g/mol. The molecule has 2 rings (SSSR count). The molecule has 1 unspecified atom stereocenters. The molecule has 0 aromatic carbocycles. The van der Waals surface area contributed by atoms with Crippen molar-refractivity contribution in [3.05, 3.63) is 50.9 Å². The van der Waals surface area contributed by atoms with Gasteiger partial charge in [0, 0.05) is 40.3 Å². The molecule has 0 aliphatic heterocycles. The number of nitrogens with zero attached hydrogens (tertiary/aromatic N) is 1. The van der Waals surface area contributed by atoms with Gasteiger partial charge < -0.3 is 10.5 Å². The highest BCUT2D eigenvalue weighted by Crippen LogP contribution is 2.27. The molecule has 102 valence electrons. The van der Waals surface area contributed by atoms with Gasteiger partial charge in [-0.3, -0.25) is 4.98 Å². The molecular formula is C14H17BrN2OS. The summed E-state index contributed by atoms with van der Waals surface area (Å²) in [5.41, 5.74) is 7.06. The van der Waals surface area contributed by atoms with Gasteiger partial charge in [-0.15, -0.1) is 11.3 Å². The second-order valence-corrected chi connectivity index (χ2v) is 6.08. The van der Waals surface area contributed by atoms with Crippen molar-refractivity contribution >= 4 is 27.3 Å². The maximum atomic E-state index is 5.86. The third-order valence-electron chi connectivity index (χ3n) is 2.80. The zero-order chi connectivity index (χ0) is 13.5. The first-order valence-electron chi connectivity index (χ1n) is 6.24. The number of ether oxygens (including phenoxy) is 1. The molecule has 0 fully saturated rings. The van der Waals surface area contributed by atoms with Gasteiger partial charge in [0.15, 0.2) is 0 Å². The van der Waals surface area contributed by atoms with Crippen molar-refractivity contribution in [2.24, 2.45) is 5.73 Å². The molecule has 0 aliphatic carbocycles. The molecule has 3 nitrogen and oxygen atoms in total. The summed E-state index contributed by atoms with van der Waals surface area (Å²) in [5, 5.41) is 2.05. The van der Waals surface area contributed by atoms with E-state index in [1.54, 1.807) is 11.3 Å². The van der Waals surface area contributed by atoms with E-state index in [1.807, 2.05) is 24.5 Å². The fourth-order valence-electron chi connectivity index (χ4n) is 1.81. The fraction of sp³-hybridized carbons (Fsp3) is 0.357. The van der Waals surface area contributed by atoms with Gasteiger partial charge in [-0.05, 0) is 52.5 Å². The van der Waals surface area contributed by atoms with Crippen molar-refractivity contribution < 1.29 is 4.74 Å². The number of hydrogen-bond acceptors (Lipinski definition) is 4. The Morgan fingerprint density at radius 1 is 1.37 bits per heavy atom. The van der Waals surface area contributed by atoms with Crippen molar-refractivity contribution in [1.29, 1.82) is 0 Å². The highest BCUT2D eigenvalue weighted by atomic mass is 79.9. The highest BCUT2D eigenvalue weighted by molar-refractivity contribution is 9.10. The van der Waals surface area contributed by atoms with Gasteiger partial charge in [0.1, 0.15) is 6.10 Å². The van der Waals surface area contributed by atoms with Crippen LogP contribution in [-0.2, 0) is 11.2 Å². The van der Waals surface area contributed by atoms with Gasteiger partial charge in [-0.1, -0.05) is 0 Å². The van der Waals surface area contributed by atoms with Crippen LogP contribution < -0.4 is 5.73 Å². The zero-order valence-corrected chi connectivity index (χ0v) is 13.0. The predicted octanol–water partition coefficient (Wildman–Crippen LogP) is 3.55. The number of aryl methyl sites for hydroxylation is 1. The van der Waals surface area contributed by atoms with Crippen LogP contribution >= 0.6 is 27.3 Å². The number of hydrogen-bond donors (Lipinski definition) is 1. The molecular weight excluding hydrogens is 324 g/mol. The lowest BCUT2D eigenvalue weighted by Gasteiger charge is -2.14. The number of aromatic nitrogens is 1. The molecule has 0 saturated carbocycles. The van der Waals surface area contributed by atoms with Gasteiger partial charge in [-0.25, -0.2) is 0 Å². The highest BCUT2D eigenvalue weighted by Gasteiger charge is 2.12. The normalized spacial score (nSPS) is 12.5. The van der Waals surface area contributed by atoms with E-state index in [2.05, 4.69) is 32.4 Å². The Morgan fingerprint density at radius 2 is 2.16 bits per heavy atom. The van der Waals surface area contributed by atoms with Gasteiger partial charge in [0.05, 0.1) is 0 Å². The first-order valence-corrected chi connectivity index (χ1v) is 7.91. The number of halogens is 1. The van der Waals surface area contributed by atoms with Crippen LogP contribution in [0.4, 0.5) is 0 Å². The first-order chi connectivity index (χ1) is 9.29. The van der Waals surface area contributed by atoms with Gasteiger partial charge >= 0.3 is 0 Å². The number of rotatable bonds is 7. The van der Waals surface area contributed by atoms with Gasteiger partial charge in [0.25, 0.3) is 0 Å². The Hall–Kier alpha value is -0.750. The molecule has 2 aromatic heterocycles. The largest absolute Gasteiger partial charge is 0.371 e. The summed E-state index contributed by atoms with van der Waals surface area (Å²) < 4.78 is 6.95. The predicted molar refractivity (Wildman–Crippen MR) is 82.3 cm³/mol. The van der Waals surface area contributed by atoms with E-state index in [9.17, 15) is 0 Å². The monoisotopic (exact) mass is 340 g/mol. The fourth-order valence-corrected chi connectivity index (χ4v) is 3.32. The van der Waals surface area contributed by atoms with Crippen molar-refractivity contribution in [2.45, 2.75) is 18.9 Å². The van der Waals surface area contributed by atoms with E-state index in [1.165, 1.54) is 10.4 Å². The van der Waals surface area contributed by atoms with Crippen LogP contribution in [0.25, 0.3) is 0 Å². The van der Waals surface area contributed by atoms with E-state index in [0.717, 1.165) is 23.9 Å². The summed E-state index contributed by atoms with van der Waals surface area (Å²) >= 11 is 5.13. The van der Waals surface area contributed by atoms with Crippen molar-refractivity contribution in [3.8, 4) is 0 Å². The quantitative estimate of drug-likeness (QED) is 0.784. The standard InChI is InChI=1S/C14H17BrN2OS/c15-12-8-14(19-10-12)13(9-16)18-7-1-2-11-3-5-17-6-4-11/h3-6,8,10,13H,1-2,7,9,16H2. The van der Waals surface area contributed by atoms with Gasteiger partial charge in [-0.2, -0.15) is 0 Å². The Labute approximate surface area is 125 Å². The van der Waals surface area contributed by atoms with Crippen LogP contribution in [0.3, 0.4) is 0 Å². The van der Waals surface area contributed by atoms with Gasteiger partial charge in [0.2, 0.25) is 0 Å². The number of pyridine rings is 1. The third-order valence-corrected chi connectivity index (χ3v) is 4.58. The SMILES string of the molecule is NCC(OCCCc1ccncc1)c1cc(Br)cs1. The molecule has 2 N–H and O–H groups in total. The summed E-state index contributed by atoms with van der Waals surface area (Å²) in [6, 6.07) is 6.15. The molecule has 2 heterocycles. The van der Waals surface area contributed by atoms with Crippen molar-refractivity contribution in [2.75, 3.05) is 13.2 Å². The number of thiophene rings is 1. The Balaban J connectivity index is 1.75. The smallest absolute Gasteiger partial charge is 0.104 e. The lowest BCUT2D eigenvalue weighted by Crippen LogP contribution is -2.15. The van der Waals surface area contributed by atoms with E-state index in [-0.39, 0.29) is 6.10 Å². The summed E-state index contributed by atoms with van der Waals surface area (Å²) in [7, 11) is 0. The molecule has 0 bridgehead atoms. The summed E-state index contributed by atoms with van der Waals surface area (Å²) in [6.45, 7) is 1.24. The van der Waals surface area contributed by atoms with Crippen molar-refractivity contribution in [1.82, 2.24) is 4.98 Å². The molecule has 0 aliphatic rings. The maximum absolute atomic E-state index is 5.86. The molecule has 1 atom stereocenters. The Kier molecular flexibility index (Phi) is 5.97. The van der Waals surface area contributed by atoms with E-state index in [4.69, 9.17) is 10.5 Å². The Bertz CT molecular complexity index is 489. The minimum atomic E-state index is 0.00809. The van der Waals surface area contributed by atoms with Crippen LogP contribution in [-0.4, -0.2) is 18.1 Å². The Morgan fingerprint density at radius 3 is 2.79 bits per heavy atom. The third kappa shape index (κ3) is 4.69. The molecule has 5 heteroatoms. The van der Waals surface area contributed by atoms with Crippen molar-refractivity contribution in [3.63, 3.8) is 0 Å². The molecule has 0 spiro atoms. The van der Waals surface area contributed by atoms with Crippen LogP contribution in [0.2, 0.25) is 0 Å². The summed E-state index contributed by atoms with van der Waals surface area (Å²) in [6.07, 6.45) is 5.65. The summed E-state index contributed by atoms with van der Waals surface area (Å²) in [5.74, 6) is 0. The summed E-state index contributed by atoms with van der Waals surface area (Å²) in [4.78, 5) is 5.19. The molecule has 19 heavy (non-hydrogen) atoms. The topological polar surface area (TPSA) is 48.1 Å². The molecule has 0 saturated heterocycles.